The Kier molecular flexibility index (Phi) is 4.78. The van der Waals surface area contributed by atoms with Crippen LogP contribution in [0.3, 0.4) is 0 Å². The third-order valence-electron chi connectivity index (χ3n) is 4.70. The van der Waals surface area contributed by atoms with Gasteiger partial charge in [0, 0.05) is 17.3 Å². The van der Waals surface area contributed by atoms with E-state index in [9.17, 15) is 9.59 Å². The summed E-state index contributed by atoms with van der Waals surface area (Å²) in [5.74, 6) is -0.140. The number of rotatable bonds is 5. The summed E-state index contributed by atoms with van der Waals surface area (Å²) in [6.07, 6.45) is 2.09. The summed E-state index contributed by atoms with van der Waals surface area (Å²) in [6.45, 7) is 1.78. The average molecular weight is 386 g/mol. The highest BCUT2D eigenvalue weighted by atomic mass is 16.4. The molecule has 0 bridgehead atoms. The Labute approximate surface area is 166 Å². The van der Waals surface area contributed by atoms with E-state index in [0.29, 0.717) is 16.8 Å². The molecule has 0 aliphatic heterocycles. The van der Waals surface area contributed by atoms with Crippen molar-refractivity contribution in [2.75, 3.05) is 0 Å². The maximum atomic E-state index is 12.9. The van der Waals surface area contributed by atoms with Crippen molar-refractivity contribution in [3.05, 3.63) is 89.7 Å². The second-order valence-corrected chi connectivity index (χ2v) is 6.62. The number of hydrogen-bond acceptors (Lipinski definition) is 4. The molecule has 4 aromatic rings. The highest BCUT2D eigenvalue weighted by Crippen LogP contribution is 2.25. The molecule has 0 fully saturated rings. The van der Waals surface area contributed by atoms with Gasteiger partial charge in [0.05, 0.1) is 23.5 Å². The molecule has 0 spiro atoms. The van der Waals surface area contributed by atoms with Crippen LogP contribution in [-0.4, -0.2) is 31.6 Å². The van der Waals surface area contributed by atoms with Crippen molar-refractivity contribution in [2.45, 2.75) is 13.0 Å². The van der Waals surface area contributed by atoms with E-state index >= 15 is 0 Å². The molecule has 0 saturated carbocycles. The summed E-state index contributed by atoms with van der Waals surface area (Å²) in [4.78, 5) is 28.1. The minimum Gasteiger partial charge on any atom is -0.465 e. The third-order valence-corrected chi connectivity index (χ3v) is 4.70. The van der Waals surface area contributed by atoms with Crippen LogP contribution in [0, 0.1) is 0 Å². The van der Waals surface area contributed by atoms with E-state index in [1.54, 1.807) is 29.8 Å². The number of fused-ring (bicyclic) bond motifs is 1. The fraction of sp³-hybridized carbons (Fsp3) is 0.0909. The quantitative estimate of drug-likeness (QED) is 0.506. The Bertz CT molecular complexity index is 1200. The van der Waals surface area contributed by atoms with Crippen LogP contribution in [0.25, 0.3) is 16.9 Å². The van der Waals surface area contributed by atoms with Gasteiger partial charge >= 0.3 is 6.09 Å². The van der Waals surface area contributed by atoms with Crippen molar-refractivity contribution in [3.8, 4) is 11.3 Å². The van der Waals surface area contributed by atoms with Crippen LogP contribution in [-0.2, 0) is 0 Å². The van der Waals surface area contributed by atoms with E-state index in [4.69, 9.17) is 5.11 Å². The lowest BCUT2D eigenvalue weighted by molar-refractivity contribution is 0.104. The van der Waals surface area contributed by atoms with Crippen LogP contribution in [0.2, 0.25) is 0 Å². The van der Waals surface area contributed by atoms with E-state index in [-0.39, 0.29) is 11.8 Å². The first-order valence-electron chi connectivity index (χ1n) is 9.07. The van der Waals surface area contributed by atoms with Gasteiger partial charge in [-0.3, -0.25) is 4.79 Å². The number of carbonyl (C=O) groups is 2. The zero-order valence-corrected chi connectivity index (χ0v) is 15.6. The van der Waals surface area contributed by atoms with E-state index in [2.05, 4.69) is 15.4 Å². The highest BCUT2D eigenvalue weighted by Gasteiger charge is 2.18. The van der Waals surface area contributed by atoms with Crippen molar-refractivity contribution in [1.29, 1.82) is 0 Å². The Morgan fingerprint density at radius 2 is 1.86 bits per heavy atom. The molecule has 2 aromatic carbocycles. The summed E-state index contributed by atoms with van der Waals surface area (Å²) in [5, 5.41) is 15.8. The van der Waals surface area contributed by atoms with Crippen LogP contribution >= 0.6 is 0 Å². The smallest absolute Gasteiger partial charge is 0.405 e. The molecule has 2 aromatic heterocycles. The SMILES string of the molecule is CC(NC(=O)O)c1cccc(-c2ccnc3c(C(=O)c4ccccc4)cnn23)c1. The molecule has 2 N–H and O–H groups in total. The molecular formula is C22H18N4O3. The first-order valence-corrected chi connectivity index (χ1v) is 9.07. The second-order valence-electron chi connectivity index (χ2n) is 6.62. The van der Waals surface area contributed by atoms with Crippen LogP contribution in [0.15, 0.2) is 73.1 Å². The number of hydrogen-bond donors (Lipinski definition) is 2. The third kappa shape index (κ3) is 3.58. The van der Waals surface area contributed by atoms with Gasteiger partial charge in [-0.1, -0.05) is 48.5 Å². The number of nitrogens with one attached hydrogen (secondary N) is 1. The highest BCUT2D eigenvalue weighted by molar-refractivity contribution is 6.12. The van der Waals surface area contributed by atoms with Gasteiger partial charge in [-0.15, -0.1) is 0 Å². The molecule has 144 valence electrons. The number of carbonyl (C=O) groups excluding carboxylic acids is 1. The summed E-state index contributed by atoms with van der Waals surface area (Å²) >= 11 is 0. The predicted octanol–water partition coefficient (Wildman–Crippen LogP) is 3.96. The molecule has 1 unspecified atom stereocenters. The van der Waals surface area contributed by atoms with E-state index in [0.717, 1.165) is 16.8 Å². The fourth-order valence-corrected chi connectivity index (χ4v) is 3.25. The van der Waals surface area contributed by atoms with Crippen molar-refractivity contribution in [1.82, 2.24) is 19.9 Å². The number of benzene rings is 2. The van der Waals surface area contributed by atoms with Crippen molar-refractivity contribution < 1.29 is 14.7 Å². The van der Waals surface area contributed by atoms with Gasteiger partial charge in [0.25, 0.3) is 0 Å². The Morgan fingerprint density at radius 3 is 2.62 bits per heavy atom. The van der Waals surface area contributed by atoms with Gasteiger partial charge in [0.15, 0.2) is 11.4 Å². The molecule has 0 aliphatic carbocycles. The lowest BCUT2D eigenvalue weighted by Gasteiger charge is -2.13. The first kappa shape index (κ1) is 18.4. The Morgan fingerprint density at radius 1 is 1.07 bits per heavy atom. The van der Waals surface area contributed by atoms with Gasteiger partial charge in [-0.2, -0.15) is 5.10 Å². The minimum atomic E-state index is -1.08. The number of aromatic nitrogens is 3. The molecular weight excluding hydrogens is 368 g/mol. The van der Waals surface area contributed by atoms with Crippen molar-refractivity contribution in [2.24, 2.45) is 0 Å². The molecule has 4 rings (SSSR count). The average Bonchev–Trinajstić information content (AvgIpc) is 3.17. The summed E-state index contributed by atoms with van der Waals surface area (Å²) < 4.78 is 1.63. The standard InChI is InChI=1S/C22H18N4O3/c1-14(25-22(28)29)16-8-5-9-17(12-16)19-10-11-23-21-18(13-24-26(19)21)20(27)15-6-3-2-4-7-15/h2-14,25H,1H3,(H,28,29). The van der Waals surface area contributed by atoms with E-state index in [1.807, 2.05) is 48.5 Å². The molecule has 0 aliphatic rings. The zero-order valence-electron chi connectivity index (χ0n) is 15.6. The maximum Gasteiger partial charge on any atom is 0.405 e. The summed E-state index contributed by atoms with van der Waals surface area (Å²) in [7, 11) is 0. The Balaban J connectivity index is 1.76. The molecule has 7 nitrogen and oxygen atoms in total. The number of carboxylic acid groups (broad SMARTS) is 1. The lowest BCUT2D eigenvalue weighted by Crippen LogP contribution is -2.24. The van der Waals surface area contributed by atoms with Crippen LogP contribution < -0.4 is 5.32 Å². The number of ketones is 1. The van der Waals surface area contributed by atoms with Gasteiger partial charge in [-0.25, -0.2) is 14.3 Å². The zero-order chi connectivity index (χ0) is 20.4. The lowest BCUT2D eigenvalue weighted by atomic mass is 10.0. The molecule has 0 saturated heterocycles. The molecule has 29 heavy (non-hydrogen) atoms. The van der Waals surface area contributed by atoms with Crippen LogP contribution in [0.1, 0.15) is 34.5 Å². The largest absolute Gasteiger partial charge is 0.465 e. The molecule has 2 heterocycles. The van der Waals surface area contributed by atoms with E-state index in [1.165, 1.54) is 6.20 Å². The Hall–Kier alpha value is -4.00. The minimum absolute atomic E-state index is 0.140. The van der Waals surface area contributed by atoms with Crippen LogP contribution in [0.5, 0.6) is 0 Å². The van der Waals surface area contributed by atoms with Gasteiger partial charge in [-0.05, 0) is 24.6 Å². The monoisotopic (exact) mass is 386 g/mol. The van der Waals surface area contributed by atoms with E-state index < -0.39 is 6.09 Å². The molecule has 1 atom stereocenters. The van der Waals surface area contributed by atoms with Gasteiger partial charge in [0.1, 0.15) is 0 Å². The first-order chi connectivity index (χ1) is 14.0. The molecule has 0 radical (unpaired) electrons. The summed E-state index contributed by atoms with van der Waals surface area (Å²) in [6, 6.07) is 18.0. The normalized spacial score (nSPS) is 11.9. The molecule has 1 amide bonds. The molecule has 7 heteroatoms. The summed E-state index contributed by atoms with van der Waals surface area (Å²) in [5.41, 5.74) is 3.89. The number of nitrogens with zero attached hydrogens (tertiary/aromatic N) is 3. The van der Waals surface area contributed by atoms with Crippen LogP contribution in [0.4, 0.5) is 4.79 Å². The van der Waals surface area contributed by atoms with Crippen molar-refractivity contribution >= 4 is 17.5 Å². The fourth-order valence-electron chi connectivity index (χ4n) is 3.25. The maximum absolute atomic E-state index is 12.9. The second kappa shape index (κ2) is 7.55. The van der Waals surface area contributed by atoms with Gasteiger partial charge in [0.2, 0.25) is 0 Å². The number of amides is 1. The van der Waals surface area contributed by atoms with Gasteiger partial charge < -0.3 is 10.4 Å². The predicted molar refractivity (Wildman–Crippen MR) is 108 cm³/mol. The topological polar surface area (TPSA) is 96.6 Å². The van der Waals surface area contributed by atoms with Crippen molar-refractivity contribution in [3.63, 3.8) is 0 Å².